The third kappa shape index (κ3) is 3.27. The van der Waals surface area contributed by atoms with Crippen molar-refractivity contribution in [3.63, 3.8) is 0 Å². The van der Waals surface area contributed by atoms with Crippen molar-refractivity contribution in [2.24, 2.45) is 0 Å². The lowest BCUT2D eigenvalue weighted by Crippen LogP contribution is -2.15. The highest BCUT2D eigenvalue weighted by atomic mass is 19.1. The van der Waals surface area contributed by atoms with Crippen LogP contribution < -0.4 is 9.47 Å². The van der Waals surface area contributed by atoms with Gasteiger partial charge in [0.25, 0.3) is 0 Å². The smallest absolute Gasteiger partial charge is 0.165 e. The number of halogens is 1. The Balaban J connectivity index is 2.11. The molecule has 0 amide bonds. The molecule has 2 rings (SSSR count). The predicted octanol–water partition coefficient (Wildman–Crippen LogP) is 2.99. The molecule has 0 saturated carbocycles. The fourth-order valence-corrected chi connectivity index (χ4v) is 2.00. The summed E-state index contributed by atoms with van der Waals surface area (Å²) in [6, 6.07) is 13.6. The molecule has 4 heteroatoms. The highest BCUT2D eigenvalue weighted by molar-refractivity contribution is 5.36. The van der Waals surface area contributed by atoms with E-state index in [-0.39, 0.29) is 24.9 Å². The van der Waals surface area contributed by atoms with E-state index in [1.165, 1.54) is 6.07 Å². The molecule has 106 valence electrons. The van der Waals surface area contributed by atoms with E-state index in [2.05, 4.69) is 0 Å². The van der Waals surface area contributed by atoms with Gasteiger partial charge in [0.2, 0.25) is 0 Å². The van der Waals surface area contributed by atoms with Crippen LogP contribution in [0.5, 0.6) is 11.5 Å². The van der Waals surface area contributed by atoms with E-state index in [4.69, 9.17) is 9.47 Å². The van der Waals surface area contributed by atoms with Gasteiger partial charge in [-0.2, -0.15) is 0 Å². The largest absolute Gasteiger partial charge is 0.496 e. The number of aliphatic hydroxyl groups is 1. The maximum Gasteiger partial charge on any atom is 0.165 e. The van der Waals surface area contributed by atoms with Crippen LogP contribution in [0.4, 0.5) is 4.39 Å². The van der Waals surface area contributed by atoms with Gasteiger partial charge in [-0.25, -0.2) is 4.39 Å². The van der Waals surface area contributed by atoms with Crippen LogP contribution >= 0.6 is 0 Å². The standard InChI is InChI=1S/C16H17FO3/c1-19-15-8-4-2-6-13(15)12(10-18)11-20-16-9-5-3-7-14(16)17/h2-9,12,18H,10-11H2,1H3. The molecule has 2 aromatic carbocycles. The molecule has 0 aliphatic heterocycles. The summed E-state index contributed by atoms with van der Waals surface area (Å²) in [5.74, 6) is 0.180. The summed E-state index contributed by atoms with van der Waals surface area (Å²) >= 11 is 0. The number of rotatable bonds is 6. The van der Waals surface area contributed by atoms with Gasteiger partial charge in [0.15, 0.2) is 11.6 Å². The number of hydrogen-bond donors (Lipinski definition) is 1. The van der Waals surface area contributed by atoms with Crippen molar-refractivity contribution in [1.29, 1.82) is 0 Å². The molecule has 0 saturated heterocycles. The first-order valence-electron chi connectivity index (χ1n) is 6.37. The van der Waals surface area contributed by atoms with E-state index in [0.717, 1.165) is 5.56 Å². The van der Waals surface area contributed by atoms with Crippen LogP contribution in [0.15, 0.2) is 48.5 Å². The van der Waals surface area contributed by atoms with E-state index < -0.39 is 5.82 Å². The Morgan fingerprint density at radius 3 is 2.35 bits per heavy atom. The molecule has 0 spiro atoms. The van der Waals surface area contributed by atoms with E-state index in [1.807, 2.05) is 24.3 Å². The van der Waals surface area contributed by atoms with Gasteiger partial charge in [-0.15, -0.1) is 0 Å². The lowest BCUT2D eigenvalue weighted by molar-refractivity contribution is 0.198. The molecule has 2 aromatic rings. The van der Waals surface area contributed by atoms with E-state index in [1.54, 1.807) is 25.3 Å². The third-order valence-corrected chi connectivity index (χ3v) is 3.08. The Hall–Kier alpha value is -2.07. The van der Waals surface area contributed by atoms with Crippen molar-refractivity contribution in [3.8, 4) is 11.5 Å². The molecule has 0 aromatic heterocycles. The van der Waals surface area contributed by atoms with Crippen molar-refractivity contribution < 1.29 is 19.0 Å². The summed E-state index contributed by atoms with van der Waals surface area (Å²) in [7, 11) is 1.57. The predicted molar refractivity (Wildman–Crippen MR) is 74.7 cm³/mol. The summed E-state index contributed by atoms with van der Waals surface area (Å²) in [5.41, 5.74) is 0.842. The molecular formula is C16H17FO3. The van der Waals surface area contributed by atoms with E-state index in [0.29, 0.717) is 5.75 Å². The van der Waals surface area contributed by atoms with Gasteiger partial charge in [-0.1, -0.05) is 30.3 Å². The first kappa shape index (κ1) is 14.3. The SMILES string of the molecule is COc1ccccc1C(CO)COc1ccccc1F. The lowest BCUT2D eigenvalue weighted by atomic mass is 10.00. The van der Waals surface area contributed by atoms with Crippen LogP contribution in [0.25, 0.3) is 0 Å². The van der Waals surface area contributed by atoms with Gasteiger partial charge < -0.3 is 14.6 Å². The number of methoxy groups -OCH3 is 1. The van der Waals surface area contributed by atoms with Crippen LogP contribution in [0.3, 0.4) is 0 Å². The Bertz CT molecular complexity index is 557. The van der Waals surface area contributed by atoms with Crippen molar-refractivity contribution in [3.05, 3.63) is 59.9 Å². The minimum atomic E-state index is -0.413. The van der Waals surface area contributed by atoms with Gasteiger partial charge >= 0.3 is 0 Å². The van der Waals surface area contributed by atoms with Gasteiger partial charge in [0, 0.05) is 11.5 Å². The fourth-order valence-electron chi connectivity index (χ4n) is 2.00. The Labute approximate surface area is 117 Å². The molecule has 3 nitrogen and oxygen atoms in total. The molecule has 0 fully saturated rings. The number of aliphatic hydroxyl groups excluding tert-OH is 1. The quantitative estimate of drug-likeness (QED) is 0.881. The lowest BCUT2D eigenvalue weighted by Gasteiger charge is -2.18. The third-order valence-electron chi connectivity index (χ3n) is 3.08. The molecule has 1 N–H and O–H groups in total. The first-order chi connectivity index (χ1) is 9.76. The van der Waals surface area contributed by atoms with Gasteiger partial charge in [-0.05, 0) is 18.2 Å². The molecule has 1 atom stereocenters. The maximum atomic E-state index is 13.5. The van der Waals surface area contributed by atoms with Crippen LogP contribution in [0, 0.1) is 5.82 Å². The normalized spacial score (nSPS) is 11.9. The summed E-state index contributed by atoms with van der Waals surface area (Å²) < 4.78 is 24.2. The van der Waals surface area contributed by atoms with Crippen LogP contribution in [0.2, 0.25) is 0 Å². The van der Waals surface area contributed by atoms with Crippen LogP contribution in [0.1, 0.15) is 11.5 Å². The van der Waals surface area contributed by atoms with Crippen LogP contribution in [-0.4, -0.2) is 25.4 Å². The summed E-state index contributed by atoms with van der Waals surface area (Å²) in [6.45, 7) is 0.0760. The van der Waals surface area contributed by atoms with Crippen molar-refractivity contribution in [2.45, 2.75) is 5.92 Å². The Kier molecular flexibility index (Phi) is 4.96. The summed E-state index contributed by atoms with van der Waals surface area (Å²) in [5, 5.41) is 9.52. The second-order valence-electron chi connectivity index (χ2n) is 4.36. The molecule has 0 aliphatic carbocycles. The highest BCUT2D eigenvalue weighted by Gasteiger charge is 2.16. The Morgan fingerprint density at radius 1 is 1.05 bits per heavy atom. The zero-order chi connectivity index (χ0) is 14.4. The molecule has 1 unspecified atom stereocenters. The maximum absolute atomic E-state index is 13.5. The monoisotopic (exact) mass is 276 g/mol. The van der Waals surface area contributed by atoms with Crippen molar-refractivity contribution >= 4 is 0 Å². The highest BCUT2D eigenvalue weighted by Crippen LogP contribution is 2.27. The minimum Gasteiger partial charge on any atom is -0.496 e. The Morgan fingerprint density at radius 2 is 1.70 bits per heavy atom. The summed E-state index contributed by atoms with van der Waals surface area (Å²) in [6.07, 6.45) is 0. The summed E-state index contributed by atoms with van der Waals surface area (Å²) in [4.78, 5) is 0. The second-order valence-corrected chi connectivity index (χ2v) is 4.36. The van der Waals surface area contributed by atoms with Crippen molar-refractivity contribution in [1.82, 2.24) is 0 Å². The number of hydrogen-bond acceptors (Lipinski definition) is 3. The molecule has 0 bridgehead atoms. The fraction of sp³-hybridized carbons (Fsp3) is 0.250. The average Bonchev–Trinajstić information content (AvgIpc) is 2.50. The topological polar surface area (TPSA) is 38.7 Å². The van der Waals surface area contributed by atoms with E-state index >= 15 is 0 Å². The van der Waals surface area contributed by atoms with Gasteiger partial charge in [-0.3, -0.25) is 0 Å². The zero-order valence-corrected chi connectivity index (χ0v) is 11.3. The minimum absolute atomic E-state index is 0.102. The molecular weight excluding hydrogens is 259 g/mol. The molecule has 0 aliphatic rings. The average molecular weight is 276 g/mol. The van der Waals surface area contributed by atoms with E-state index in [9.17, 15) is 9.50 Å². The first-order valence-corrected chi connectivity index (χ1v) is 6.37. The number of para-hydroxylation sites is 2. The molecule has 20 heavy (non-hydrogen) atoms. The molecule has 0 radical (unpaired) electrons. The van der Waals surface area contributed by atoms with Gasteiger partial charge in [0.1, 0.15) is 5.75 Å². The zero-order valence-electron chi connectivity index (χ0n) is 11.3. The second kappa shape index (κ2) is 6.91. The molecule has 0 heterocycles. The number of ether oxygens (including phenoxy) is 2. The number of benzene rings is 2. The van der Waals surface area contributed by atoms with Crippen molar-refractivity contribution in [2.75, 3.05) is 20.3 Å². The van der Waals surface area contributed by atoms with Crippen LogP contribution in [-0.2, 0) is 0 Å². The van der Waals surface area contributed by atoms with Gasteiger partial charge in [0.05, 0.1) is 20.3 Å².